The molecule has 0 N–H and O–H groups in total. The van der Waals surface area contributed by atoms with Gasteiger partial charge in [-0.3, -0.25) is 9.69 Å². The number of benzene rings is 2. The smallest absolute Gasteiger partial charge is 0.253 e. The maximum absolute atomic E-state index is 14.0. The van der Waals surface area contributed by atoms with Crippen LogP contribution in [0.3, 0.4) is 0 Å². The molecular formula is C20H22BrFN2O. The summed E-state index contributed by atoms with van der Waals surface area (Å²) < 4.78 is 14.7. The van der Waals surface area contributed by atoms with Crippen molar-refractivity contribution in [2.24, 2.45) is 0 Å². The largest absolute Gasteiger partial charge is 0.336 e. The van der Waals surface area contributed by atoms with Crippen LogP contribution in [0.25, 0.3) is 0 Å². The quantitative estimate of drug-likeness (QED) is 0.769. The number of hydrogen-bond acceptors (Lipinski definition) is 2. The lowest BCUT2D eigenvalue weighted by atomic mass is 10.1. The van der Waals surface area contributed by atoms with E-state index in [0.29, 0.717) is 19.5 Å². The van der Waals surface area contributed by atoms with E-state index in [-0.39, 0.29) is 17.8 Å². The minimum absolute atomic E-state index is 0.0889. The van der Waals surface area contributed by atoms with Crippen molar-refractivity contribution in [1.29, 1.82) is 0 Å². The zero-order valence-corrected chi connectivity index (χ0v) is 15.9. The van der Waals surface area contributed by atoms with E-state index in [4.69, 9.17) is 0 Å². The van der Waals surface area contributed by atoms with E-state index in [2.05, 4.69) is 27.8 Å². The van der Waals surface area contributed by atoms with E-state index in [9.17, 15) is 9.18 Å². The molecule has 2 aromatic carbocycles. The molecular weight excluding hydrogens is 383 g/mol. The monoisotopic (exact) mass is 404 g/mol. The molecule has 0 bridgehead atoms. The standard InChI is InChI=1S/C20H22BrFN2O/c1-15-14-24(20(25)17-5-3-2-4-6-17)12-11-23(15)10-9-16-7-8-18(21)13-19(16)22/h2-8,13,15H,9-12,14H2,1H3/t15-/m1/s1. The molecule has 1 atom stereocenters. The van der Waals surface area contributed by atoms with Crippen LogP contribution in [-0.4, -0.2) is 47.9 Å². The molecule has 25 heavy (non-hydrogen) atoms. The molecule has 0 radical (unpaired) electrons. The summed E-state index contributed by atoms with van der Waals surface area (Å²) >= 11 is 3.29. The second-order valence-electron chi connectivity index (χ2n) is 6.49. The van der Waals surface area contributed by atoms with Gasteiger partial charge in [0, 0.05) is 42.3 Å². The Labute approximate surface area is 156 Å². The van der Waals surface area contributed by atoms with E-state index in [1.165, 1.54) is 6.07 Å². The van der Waals surface area contributed by atoms with Crippen molar-refractivity contribution in [1.82, 2.24) is 9.80 Å². The highest BCUT2D eigenvalue weighted by Gasteiger charge is 2.27. The summed E-state index contributed by atoms with van der Waals surface area (Å²) in [5.41, 5.74) is 1.47. The fraction of sp³-hybridized carbons (Fsp3) is 0.350. The van der Waals surface area contributed by atoms with Crippen LogP contribution >= 0.6 is 15.9 Å². The lowest BCUT2D eigenvalue weighted by molar-refractivity contribution is 0.0517. The molecule has 1 aliphatic heterocycles. The molecule has 5 heteroatoms. The normalized spacial score (nSPS) is 18.4. The van der Waals surface area contributed by atoms with Crippen LogP contribution in [0.2, 0.25) is 0 Å². The van der Waals surface area contributed by atoms with Gasteiger partial charge in [-0.05, 0) is 43.2 Å². The zero-order valence-electron chi connectivity index (χ0n) is 14.3. The Morgan fingerprint density at radius 2 is 1.96 bits per heavy atom. The second-order valence-corrected chi connectivity index (χ2v) is 7.40. The van der Waals surface area contributed by atoms with Gasteiger partial charge in [0.15, 0.2) is 0 Å². The van der Waals surface area contributed by atoms with Gasteiger partial charge in [0.2, 0.25) is 0 Å². The van der Waals surface area contributed by atoms with Crippen LogP contribution in [0, 0.1) is 5.82 Å². The third-order valence-electron chi connectivity index (χ3n) is 4.76. The third-order valence-corrected chi connectivity index (χ3v) is 5.25. The van der Waals surface area contributed by atoms with Crippen molar-refractivity contribution < 1.29 is 9.18 Å². The van der Waals surface area contributed by atoms with Crippen LogP contribution in [0.5, 0.6) is 0 Å². The van der Waals surface area contributed by atoms with Crippen LogP contribution in [-0.2, 0) is 6.42 Å². The van der Waals surface area contributed by atoms with Gasteiger partial charge in [-0.1, -0.05) is 40.2 Å². The van der Waals surface area contributed by atoms with Gasteiger partial charge in [-0.15, -0.1) is 0 Å². The Hall–Kier alpha value is -1.72. The molecule has 2 aromatic rings. The van der Waals surface area contributed by atoms with Gasteiger partial charge in [0.1, 0.15) is 5.82 Å². The lowest BCUT2D eigenvalue weighted by Crippen LogP contribution is -2.54. The maximum Gasteiger partial charge on any atom is 0.253 e. The van der Waals surface area contributed by atoms with Crippen molar-refractivity contribution in [2.75, 3.05) is 26.2 Å². The Bertz CT molecular complexity index is 738. The molecule has 0 unspecified atom stereocenters. The highest BCUT2D eigenvalue weighted by molar-refractivity contribution is 9.10. The molecule has 0 spiro atoms. The molecule has 132 valence electrons. The summed E-state index contributed by atoms with van der Waals surface area (Å²) in [6, 6.07) is 14.9. The topological polar surface area (TPSA) is 23.6 Å². The minimum atomic E-state index is -0.167. The first kappa shape index (κ1) is 18.1. The lowest BCUT2D eigenvalue weighted by Gasteiger charge is -2.40. The van der Waals surface area contributed by atoms with Gasteiger partial charge >= 0.3 is 0 Å². The predicted molar refractivity (Wildman–Crippen MR) is 101 cm³/mol. The average molecular weight is 405 g/mol. The second kappa shape index (κ2) is 8.11. The van der Waals surface area contributed by atoms with Gasteiger partial charge in [0.05, 0.1) is 0 Å². The first-order valence-electron chi connectivity index (χ1n) is 8.57. The Morgan fingerprint density at radius 3 is 2.64 bits per heavy atom. The van der Waals surface area contributed by atoms with E-state index in [1.54, 1.807) is 0 Å². The number of nitrogens with zero attached hydrogens (tertiary/aromatic N) is 2. The third kappa shape index (κ3) is 4.47. The van der Waals surface area contributed by atoms with Gasteiger partial charge in [-0.2, -0.15) is 0 Å². The summed E-state index contributed by atoms with van der Waals surface area (Å²) in [6.07, 6.45) is 0.677. The maximum atomic E-state index is 14.0. The first-order chi connectivity index (χ1) is 12.0. The molecule has 1 heterocycles. The van der Waals surface area contributed by atoms with Crippen molar-refractivity contribution >= 4 is 21.8 Å². The Morgan fingerprint density at radius 1 is 1.20 bits per heavy atom. The number of piperazine rings is 1. The van der Waals surface area contributed by atoms with Gasteiger partial charge in [0.25, 0.3) is 5.91 Å². The molecule has 0 saturated carbocycles. The van der Waals surface area contributed by atoms with E-state index in [1.807, 2.05) is 47.4 Å². The minimum Gasteiger partial charge on any atom is -0.336 e. The molecule has 1 aliphatic rings. The summed E-state index contributed by atoms with van der Waals surface area (Å²) in [7, 11) is 0. The zero-order chi connectivity index (χ0) is 17.8. The molecule has 3 nitrogen and oxygen atoms in total. The molecule has 1 saturated heterocycles. The van der Waals surface area contributed by atoms with Gasteiger partial charge < -0.3 is 4.90 Å². The van der Waals surface area contributed by atoms with Crippen LogP contribution in [0.15, 0.2) is 53.0 Å². The van der Waals surface area contributed by atoms with Crippen molar-refractivity contribution in [3.8, 4) is 0 Å². The van der Waals surface area contributed by atoms with Crippen molar-refractivity contribution in [3.63, 3.8) is 0 Å². The number of amides is 1. The highest BCUT2D eigenvalue weighted by atomic mass is 79.9. The van der Waals surface area contributed by atoms with Crippen LogP contribution < -0.4 is 0 Å². The predicted octanol–water partition coefficient (Wildman–Crippen LogP) is 3.98. The van der Waals surface area contributed by atoms with E-state index < -0.39 is 0 Å². The van der Waals surface area contributed by atoms with E-state index >= 15 is 0 Å². The van der Waals surface area contributed by atoms with Gasteiger partial charge in [-0.25, -0.2) is 4.39 Å². The molecule has 1 amide bonds. The number of halogens is 2. The fourth-order valence-corrected chi connectivity index (χ4v) is 3.60. The molecule has 0 aliphatic carbocycles. The summed E-state index contributed by atoms with van der Waals surface area (Å²) in [5.74, 6) is -0.0778. The van der Waals surface area contributed by atoms with Crippen LogP contribution in [0.1, 0.15) is 22.8 Å². The Kier molecular flexibility index (Phi) is 5.86. The number of rotatable bonds is 4. The summed E-state index contributed by atoms with van der Waals surface area (Å²) in [6.45, 7) is 5.16. The molecule has 0 aromatic heterocycles. The molecule has 1 fully saturated rings. The first-order valence-corrected chi connectivity index (χ1v) is 9.36. The molecule has 3 rings (SSSR count). The fourth-order valence-electron chi connectivity index (χ4n) is 3.26. The summed E-state index contributed by atoms with van der Waals surface area (Å²) in [4.78, 5) is 16.8. The number of carbonyl (C=O) groups excluding carboxylic acids is 1. The SMILES string of the molecule is C[C@@H]1CN(C(=O)c2ccccc2)CCN1CCc1ccc(Br)cc1F. The van der Waals surface area contributed by atoms with Crippen molar-refractivity contribution in [3.05, 3.63) is 69.9 Å². The Balaban J connectivity index is 1.56. The number of carbonyl (C=O) groups is 1. The summed E-state index contributed by atoms with van der Waals surface area (Å²) in [5, 5.41) is 0. The highest BCUT2D eigenvalue weighted by Crippen LogP contribution is 2.18. The van der Waals surface area contributed by atoms with Crippen molar-refractivity contribution in [2.45, 2.75) is 19.4 Å². The van der Waals surface area contributed by atoms with Crippen LogP contribution in [0.4, 0.5) is 4.39 Å². The average Bonchev–Trinajstić information content (AvgIpc) is 2.62. The van der Waals surface area contributed by atoms with E-state index in [0.717, 1.165) is 28.7 Å². The number of hydrogen-bond donors (Lipinski definition) is 0.